The molecule has 0 amide bonds. The zero-order valence-corrected chi connectivity index (χ0v) is 9.20. The van der Waals surface area contributed by atoms with Crippen LogP contribution in [0.15, 0.2) is 18.2 Å². The molecule has 0 aliphatic carbocycles. The fourth-order valence-electron chi connectivity index (χ4n) is 1.28. The molecule has 1 aromatic carbocycles. The SMILES string of the molecule is CCCCCOc1cc(C(=O)O)ccc1F. The van der Waals surface area contributed by atoms with Crippen LogP contribution in [0, 0.1) is 5.82 Å². The highest BCUT2D eigenvalue weighted by molar-refractivity contribution is 5.88. The largest absolute Gasteiger partial charge is 0.490 e. The molecule has 0 heterocycles. The van der Waals surface area contributed by atoms with E-state index in [0.717, 1.165) is 25.3 Å². The molecule has 1 rings (SSSR count). The zero-order valence-electron chi connectivity index (χ0n) is 9.20. The van der Waals surface area contributed by atoms with Gasteiger partial charge in [0.2, 0.25) is 0 Å². The van der Waals surface area contributed by atoms with E-state index in [1.807, 2.05) is 0 Å². The van der Waals surface area contributed by atoms with E-state index >= 15 is 0 Å². The van der Waals surface area contributed by atoms with Gasteiger partial charge in [0, 0.05) is 0 Å². The maximum absolute atomic E-state index is 13.2. The van der Waals surface area contributed by atoms with E-state index in [2.05, 4.69) is 6.92 Å². The normalized spacial score (nSPS) is 10.1. The lowest BCUT2D eigenvalue weighted by Crippen LogP contribution is -2.02. The van der Waals surface area contributed by atoms with E-state index < -0.39 is 11.8 Å². The molecule has 1 aromatic rings. The maximum Gasteiger partial charge on any atom is 0.335 e. The Kier molecular flexibility index (Phi) is 4.76. The zero-order chi connectivity index (χ0) is 12.0. The van der Waals surface area contributed by atoms with E-state index in [1.54, 1.807) is 0 Å². The Labute approximate surface area is 93.9 Å². The van der Waals surface area contributed by atoms with Crippen LogP contribution in [-0.2, 0) is 0 Å². The fourth-order valence-corrected chi connectivity index (χ4v) is 1.28. The minimum atomic E-state index is -1.08. The van der Waals surface area contributed by atoms with Crippen molar-refractivity contribution in [2.75, 3.05) is 6.61 Å². The fraction of sp³-hybridized carbons (Fsp3) is 0.417. The van der Waals surface area contributed by atoms with Crippen molar-refractivity contribution >= 4 is 5.97 Å². The first-order valence-electron chi connectivity index (χ1n) is 5.30. The molecule has 0 atom stereocenters. The average molecular weight is 226 g/mol. The summed E-state index contributed by atoms with van der Waals surface area (Å²) in [6.45, 7) is 2.47. The first-order valence-corrected chi connectivity index (χ1v) is 5.30. The lowest BCUT2D eigenvalue weighted by Gasteiger charge is -2.07. The van der Waals surface area contributed by atoms with Crippen LogP contribution in [0.25, 0.3) is 0 Å². The first-order chi connectivity index (χ1) is 7.65. The van der Waals surface area contributed by atoms with Crippen LogP contribution in [0.5, 0.6) is 5.75 Å². The minimum absolute atomic E-state index is 0.0102. The van der Waals surface area contributed by atoms with Crippen LogP contribution >= 0.6 is 0 Å². The molecular weight excluding hydrogens is 211 g/mol. The summed E-state index contributed by atoms with van der Waals surface area (Å²) in [5.41, 5.74) is 0.0342. The topological polar surface area (TPSA) is 46.5 Å². The third-order valence-electron chi connectivity index (χ3n) is 2.18. The number of halogens is 1. The molecule has 0 saturated carbocycles. The molecule has 4 heteroatoms. The van der Waals surface area contributed by atoms with Crippen molar-refractivity contribution in [3.05, 3.63) is 29.6 Å². The number of ether oxygens (including phenoxy) is 1. The van der Waals surface area contributed by atoms with Crippen molar-refractivity contribution in [3.63, 3.8) is 0 Å². The van der Waals surface area contributed by atoms with E-state index in [9.17, 15) is 9.18 Å². The second kappa shape index (κ2) is 6.10. The summed E-state index contributed by atoms with van der Waals surface area (Å²) in [6.07, 6.45) is 2.91. The van der Waals surface area contributed by atoms with Crippen LogP contribution in [0.4, 0.5) is 4.39 Å². The van der Waals surface area contributed by atoms with Crippen molar-refractivity contribution in [2.45, 2.75) is 26.2 Å². The number of carbonyl (C=O) groups is 1. The Morgan fingerprint density at radius 3 is 2.81 bits per heavy atom. The Hall–Kier alpha value is -1.58. The number of rotatable bonds is 6. The molecule has 1 N–H and O–H groups in total. The molecule has 0 saturated heterocycles. The third-order valence-corrected chi connectivity index (χ3v) is 2.18. The van der Waals surface area contributed by atoms with Gasteiger partial charge in [-0.05, 0) is 24.6 Å². The van der Waals surface area contributed by atoms with Gasteiger partial charge in [0.15, 0.2) is 11.6 Å². The molecule has 0 spiro atoms. The Morgan fingerprint density at radius 1 is 1.44 bits per heavy atom. The Balaban J connectivity index is 2.63. The molecule has 0 unspecified atom stereocenters. The van der Waals surface area contributed by atoms with E-state index in [-0.39, 0.29) is 11.3 Å². The highest BCUT2D eigenvalue weighted by atomic mass is 19.1. The Morgan fingerprint density at radius 2 is 2.19 bits per heavy atom. The van der Waals surface area contributed by atoms with Crippen LogP contribution in [0.2, 0.25) is 0 Å². The van der Waals surface area contributed by atoms with E-state index in [4.69, 9.17) is 9.84 Å². The second-order valence-corrected chi connectivity index (χ2v) is 3.51. The summed E-state index contributed by atoms with van der Waals surface area (Å²) in [5.74, 6) is -1.60. The molecule has 88 valence electrons. The molecular formula is C12H15FO3. The number of unbranched alkanes of at least 4 members (excludes halogenated alkanes) is 2. The van der Waals surface area contributed by atoms with Crippen molar-refractivity contribution in [3.8, 4) is 5.75 Å². The van der Waals surface area contributed by atoms with Crippen LogP contribution in [0.1, 0.15) is 36.5 Å². The van der Waals surface area contributed by atoms with Gasteiger partial charge < -0.3 is 9.84 Å². The van der Waals surface area contributed by atoms with Gasteiger partial charge in [-0.25, -0.2) is 9.18 Å². The highest BCUT2D eigenvalue weighted by Crippen LogP contribution is 2.19. The summed E-state index contributed by atoms with van der Waals surface area (Å²) in [4.78, 5) is 10.7. The predicted octanol–water partition coefficient (Wildman–Crippen LogP) is 3.09. The number of carboxylic acids is 1. The average Bonchev–Trinajstić information content (AvgIpc) is 2.26. The lowest BCUT2D eigenvalue weighted by atomic mass is 10.2. The molecule has 16 heavy (non-hydrogen) atoms. The molecule has 0 aromatic heterocycles. The van der Waals surface area contributed by atoms with Crippen molar-refractivity contribution in [1.29, 1.82) is 0 Å². The molecule has 0 aliphatic heterocycles. The van der Waals surface area contributed by atoms with Gasteiger partial charge in [-0.15, -0.1) is 0 Å². The third kappa shape index (κ3) is 3.53. The number of hydrogen-bond acceptors (Lipinski definition) is 2. The summed E-state index contributed by atoms with van der Waals surface area (Å²) in [7, 11) is 0. The number of hydrogen-bond donors (Lipinski definition) is 1. The van der Waals surface area contributed by atoms with E-state index in [0.29, 0.717) is 6.61 Å². The van der Waals surface area contributed by atoms with Gasteiger partial charge in [-0.3, -0.25) is 0 Å². The molecule has 3 nitrogen and oxygen atoms in total. The highest BCUT2D eigenvalue weighted by Gasteiger charge is 2.08. The van der Waals surface area contributed by atoms with Crippen LogP contribution < -0.4 is 4.74 Å². The van der Waals surface area contributed by atoms with Gasteiger partial charge in [0.05, 0.1) is 12.2 Å². The van der Waals surface area contributed by atoms with Crippen molar-refractivity contribution in [1.82, 2.24) is 0 Å². The van der Waals surface area contributed by atoms with E-state index in [1.165, 1.54) is 12.1 Å². The van der Waals surface area contributed by atoms with Crippen LogP contribution in [0.3, 0.4) is 0 Å². The summed E-state index contributed by atoms with van der Waals surface area (Å²) in [6, 6.07) is 3.54. The Bertz CT molecular complexity index is 363. The van der Waals surface area contributed by atoms with Crippen molar-refractivity contribution < 1.29 is 19.0 Å². The summed E-state index contributed by atoms with van der Waals surface area (Å²) >= 11 is 0. The lowest BCUT2D eigenvalue weighted by molar-refractivity contribution is 0.0696. The van der Waals surface area contributed by atoms with Gasteiger partial charge in [-0.1, -0.05) is 19.8 Å². The quantitative estimate of drug-likeness (QED) is 0.758. The molecule has 0 aliphatic rings. The van der Waals surface area contributed by atoms with Gasteiger partial charge in [0.25, 0.3) is 0 Å². The first kappa shape index (κ1) is 12.5. The van der Waals surface area contributed by atoms with Crippen molar-refractivity contribution in [2.24, 2.45) is 0 Å². The molecule has 0 radical (unpaired) electrons. The van der Waals surface area contributed by atoms with Gasteiger partial charge >= 0.3 is 5.97 Å². The maximum atomic E-state index is 13.2. The summed E-state index contributed by atoms with van der Waals surface area (Å²) < 4.78 is 18.4. The minimum Gasteiger partial charge on any atom is -0.490 e. The standard InChI is InChI=1S/C12H15FO3/c1-2-3-4-7-16-11-8-9(12(14)15)5-6-10(11)13/h5-6,8H,2-4,7H2,1H3,(H,14,15). The second-order valence-electron chi connectivity index (χ2n) is 3.51. The van der Waals surface area contributed by atoms with Gasteiger partial charge in [-0.2, -0.15) is 0 Å². The van der Waals surface area contributed by atoms with Gasteiger partial charge in [0.1, 0.15) is 0 Å². The number of benzene rings is 1. The predicted molar refractivity (Wildman–Crippen MR) is 58.4 cm³/mol. The smallest absolute Gasteiger partial charge is 0.335 e. The summed E-state index contributed by atoms with van der Waals surface area (Å²) in [5, 5.41) is 8.73. The molecule has 0 bridgehead atoms. The number of aromatic carboxylic acids is 1. The van der Waals surface area contributed by atoms with Crippen LogP contribution in [-0.4, -0.2) is 17.7 Å². The monoisotopic (exact) mass is 226 g/mol. The number of carboxylic acid groups (broad SMARTS) is 1. The molecule has 0 fully saturated rings.